The molecule has 0 unspecified atom stereocenters. The average Bonchev–Trinajstić information content (AvgIpc) is 2.68. The van der Waals surface area contributed by atoms with E-state index < -0.39 is 5.54 Å². The molecule has 1 aromatic carbocycles. The van der Waals surface area contributed by atoms with Gasteiger partial charge in [-0.05, 0) is 36.8 Å². The number of benzene rings is 1. The molecular weight excluding hydrogens is 352 g/mol. The van der Waals surface area contributed by atoms with Crippen molar-refractivity contribution in [3.05, 3.63) is 35.4 Å². The van der Waals surface area contributed by atoms with Crippen molar-refractivity contribution in [2.75, 3.05) is 26.8 Å². The van der Waals surface area contributed by atoms with Gasteiger partial charge in [0.05, 0.1) is 18.1 Å². The summed E-state index contributed by atoms with van der Waals surface area (Å²) < 4.78 is 5.31. The first-order valence-corrected chi connectivity index (χ1v) is 10.7. The van der Waals surface area contributed by atoms with E-state index in [4.69, 9.17) is 4.74 Å². The minimum absolute atomic E-state index is 0.0424. The summed E-state index contributed by atoms with van der Waals surface area (Å²) >= 11 is 0. The number of methoxy groups -OCH3 is 1. The van der Waals surface area contributed by atoms with Crippen LogP contribution in [-0.2, 0) is 9.53 Å². The van der Waals surface area contributed by atoms with E-state index in [0.717, 1.165) is 44.1 Å². The van der Waals surface area contributed by atoms with Gasteiger partial charge in [-0.1, -0.05) is 51.3 Å². The summed E-state index contributed by atoms with van der Waals surface area (Å²) in [5.41, 5.74) is 1.12. The van der Waals surface area contributed by atoms with Gasteiger partial charge in [-0.3, -0.25) is 9.59 Å². The third kappa shape index (κ3) is 3.95. The van der Waals surface area contributed by atoms with Gasteiger partial charge >= 0.3 is 0 Å². The van der Waals surface area contributed by atoms with Crippen molar-refractivity contribution < 1.29 is 14.3 Å². The molecule has 2 aliphatic rings. The van der Waals surface area contributed by atoms with E-state index in [-0.39, 0.29) is 17.7 Å². The van der Waals surface area contributed by atoms with Crippen LogP contribution in [0.2, 0.25) is 0 Å². The SMILES string of the molecule is COCCN1C(=O)c2ccccc2[C@H](C(=O)NCCC(C)C)C12CCCCC2. The molecule has 5 nitrogen and oxygen atoms in total. The van der Waals surface area contributed by atoms with E-state index in [9.17, 15) is 9.59 Å². The highest BCUT2D eigenvalue weighted by atomic mass is 16.5. The zero-order valence-electron chi connectivity index (χ0n) is 17.5. The van der Waals surface area contributed by atoms with Gasteiger partial charge in [0.1, 0.15) is 0 Å². The van der Waals surface area contributed by atoms with Crippen LogP contribution in [0.1, 0.15) is 74.2 Å². The summed E-state index contributed by atoms with van der Waals surface area (Å²) in [7, 11) is 1.66. The molecule has 0 radical (unpaired) electrons. The van der Waals surface area contributed by atoms with Crippen molar-refractivity contribution in [2.24, 2.45) is 5.92 Å². The fourth-order valence-corrected chi connectivity index (χ4v) is 4.94. The second-order valence-electron chi connectivity index (χ2n) is 8.61. The monoisotopic (exact) mass is 386 g/mol. The number of rotatable bonds is 7. The molecule has 1 saturated carbocycles. The number of nitrogens with zero attached hydrogens (tertiary/aromatic N) is 1. The fourth-order valence-electron chi connectivity index (χ4n) is 4.94. The molecule has 1 aliphatic heterocycles. The molecule has 0 saturated heterocycles. The number of carbonyl (C=O) groups excluding carboxylic acids is 2. The lowest BCUT2D eigenvalue weighted by atomic mass is 9.65. The third-order valence-corrected chi connectivity index (χ3v) is 6.34. The Balaban J connectivity index is 2.01. The van der Waals surface area contributed by atoms with E-state index in [1.165, 1.54) is 0 Å². The number of amides is 2. The fraction of sp³-hybridized carbons (Fsp3) is 0.652. The van der Waals surface area contributed by atoms with Gasteiger partial charge in [0.25, 0.3) is 5.91 Å². The Labute approximate surface area is 168 Å². The van der Waals surface area contributed by atoms with E-state index in [1.54, 1.807) is 7.11 Å². The molecule has 0 aromatic heterocycles. The van der Waals surface area contributed by atoms with Crippen LogP contribution in [0, 0.1) is 5.92 Å². The summed E-state index contributed by atoms with van der Waals surface area (Å²) in [6.07, 6.45) is 5.97. The summed E-state index contributed by atoms with van der Waals surface area (Å²) in [4.78, 5) is 28.8. The number of ether oxygens (including phenoxy) is 1. The van der Waals surface area contributed by atoms with Crippen molar-refractivity contribution in [1.82, 2.24) is 10.2 Å². The maximum Gasteiger partial charge on any atom is 0.254 e. The predicted molar refractivity (Wildman–Crippen MR) is 110 cm³/mol. The van der Waals surface area contributed by atoms with E-state index in [0.29, 0.717) is 31.2 Å². The van der Waals surface area contributed by atoms with E-state index in [2.05, 4.69) is 19.2 Å². The largest absolute Gasteiger partial charge is 0.383 e. The maximum absolute atomic E-state index is 13.5. The van der Waals surface area contributed by atoms with Crippen LogP contribution in [0.3, 0.4) is 0 Å². The Hall–Kier alpha value is -1.88. The van der Waals surface area contributed by atoms with Crippen molar-refractivity contribution in [1.29, 1.82) is 0 Å². The highest BCUT2D eigenvalue weighted by molar-refractivity contribution is 6.02. The molecule has 0 bridgehead atoms. The second kappa shape index (κ2) is 9.08. The Morgan fingerprint density at radius 1 is 1.25 bits per heavy atom. The molecule has 1 aromatic rings. The van der Waals surface area contributed by atoms with Gasteiger partial charge in [0, 0.05) is 25.8 Å². The van der Waals surface area contributed by atoms with Crippen molar-refractivity contribution >= 4 is 11.8 Å². The van der Waals surface area contributed by atoms with Crippen LogP contribution >= 0.6 is 0 Å². The Kier molecular flexibility index (Phi) is 6.76. The molecule has 1 heterocycles. The predicted octanol–water partition coefficient (Wildman–Crippen LogP) is 3.74. The van der Waals surface area contributed by atoms with Crippen molar-refractivity contribution in [3.63, 3.8) is 0 Å². The molecule has 1 fully saturated rings. The lowest BCUT2D eigenvalue weighted by Crippen LogP contribution is -2.63. The smallest absolute Gasteiger partial charge is 0.254 e. The summed E-state index contributed by atoms with van der Waals surface area (Å²) in [6.45, 7) is 6.01. The van der Waals surface area contributed by atoms with Gasteiger partial charge in [-0.25, -0.2) is 0 Å². The summed E-state index contributed by atoms with van der Waals surface area (Å²) in [5, 5.41) is 3.18. The van der Waals surface area contributed by atoms with Gasteiger partial charge in [-0.15, -0.1) is 0 Å². The molecule has 28 heavy (non-hydrogen) atoms. The van der Waals surface area contributed by atoms with Crippen LogP contribution < -0.4 is 5.32 Å². The minimum atomic E-state index is -0.440. The Bertz CT molecular complexity index is 695. The minimum Gasteiger partial charge on any atom is -0.383 e. The van der Waals surface area contributed by atoms with Crippen molar-refractivity contribution in [3.8, 4) is 0 Å². The molecular formula is C23H34N2O3. The van der Waals surface area contributed by atoms with Crippen LogP contribution in [0.4, 0.5) is 0 Å². The molecule has 154 valence electrons. The molecule has 1 spiro atoms. The molecule has 5 heteroatoms. The molecule has 1 N–H and O–H groups in total. The Morgan fingerprint density at radius 3 is 2.64 bits per heavy atom. The third-order valence-electron chi connectivity index (χ3n) is 6.34. The molecule has 1 aliphatic carbocycles. The topological polar surface area (TPSA) is 58.6 Å². The zero-order valence-corrected chi connectivity index (χ0v) is 17.5. The van der Waals surface area contributed by atoms with E-state index in [1.807, 2.05) is 29.2 Å². The lowest BCUT2D eigenvalue weighted by Gasteiger charge is -2.53. The summed E-state index contributed by atoms with van der Waals surface area (Å²) in [5.74, 6) is 0.332. The second-order valence-corrected chi connectivity index (χ2v) is 8.61. The first-order chi connectivity index (χ1) is 13.5. The van der Waals surface area contributed by atoms with Crippen LogP contribution in [0.15, 0.2) is 24.3 Å². The number of hydrogen-bond acceptors (Lipinski definition) is 3. The average molecular weight is 387 g/mol. The zero-order chi connectivity index (χ0) is 20.1. The molecule has 3 rings (SSSR count). The van der Waals surface area contributed by atoms with Crippen molar-refractivity contribution in [2.45, 2.75) is 63.8 Å². The summed E-state index contributed by atoms with van der Waals surface area (Å²) in [6, 6.07) is 7.67. The van der Waals surface area contributed by atoms with Crippen LogP contribution in [-0.4, -0.2) is 49.1 Å². The maximum atomic E-state index is 13.5. The molecule has 2 amide bonds. The normalized spacial score (nSPS) is 21.1. The lowest BCUT2D eigenvalue weighted by molar-refractivity contribution is -0.127. The van der Waals surface area contributed by atoms with Crippen LogP contribution in [0.25, 0.3) is 0 Å². The van der Waals surface area contributed by atoms with Gasteiger partial charge in [-0.2, -0.15) is 0 Å². The van der Waals surface area contributed by atoms with Gasteiger partial charge in [0.15, 0.2) is 0 Å². The van der Waals surface area contributed by atoms with Crippen LogP contribution in [0.5, 0.6) is 0 Å². The van der Waals surface area contributed by atoms with E-state index >= 15 is 0 Å². The standard InChI is InChI=1S/C23H34N2O3/c1-17(2)11-14-24-21(26)20-18-9-5-6-10-19(18)22(27)25(15-16-28-3)23(20)12-7-4-8-13-23/h5-6,9-10,17,20H,4,7-8,11-16H2,1-3H3,(H,24,26)/t20-/m1/s1. The first kappa shape index (κ1) is 20.8. The number of carbonyl (C=O) groups is 2. The quantitative estimate of drug-likeness (QED) is 0.777. The number of nitrogens with one attached hydrogen (secondary N) is 1. The van der Waals surface area contributed by atoms with Gasteiger partial charge in [0.2, 0.25) is 5.91 Å². The Morgan fingerprint density at radius 2 is 1.96 bits per heavy atom. The number of fused-ring (bicyclic) bond motifs is 1. The van der Waals surface area contributed by atoms with Gasteiger partial charge < -0.3 is 15.0 Å². The molecule has 1 atom stereocenters. The highest BCUT2D eigenvalue weighted by Crippen LogP contribution is 2.49. The first-order valence-electron chi connectivity index (χ1n) is 10.7. The highest BCUT2D eigenvalue weighted by Gasteiger charge is 2.54. The number of hydrogen-bond donors (Lipinski definition) is 1.